The number of sulfonamides is 1. The summed E-state index contributed by atoms with van der Waals surface area (Å²) in [4.78, 5) is 25.3. The zero-order valence-corrected chi connectivity index (χ0v) is 21.6. The molecule has 0 bridgehead atoms. The van der Waals surface area contributed by atoms with Gasteiger partial charge in [0.1, 0.15) is 0 Å². The predicted molar refractivity (Wildman–Crippen MR) is 133 cm³/mol. The summed E-state index contributed by atoms with van der Waals surface area (Å²) in [7, 11) is -3.73. The summed E-state index contributed by atoms with van der Waals surface area (Å²) >= 11 is 0. The average Bonchev–Trinajstić information content (AvgIpc) is 2.76. The molecule has 1 heterocycles. The predicted octanol–water partition coefficient (Wildman–Crippen LogP) is 4.44. The van der Waals surface area contributed by atoms with E-state index >= 15 is 0 Å². The number of piperidine rings is 1. The lowest BCUT2D eigenvalue weighted by Gasteiger charge is -2.30. The molecule has 0 atom stereocenters. The van der Waals surface area contributed by atoms with Crippen molar-refractivity contribution in [2.45, 2.75) is 59.3 Å². The highest BCUT2D eigenvalue weighted by atomic mass is 32.2. The highest BCUT2D eigenvalue weighted by molar-refractivity contribution is 7.89. The van der Waals surface area contributed by atoms with Crippen LogP contribution >= 0.6 is 0 Å². The highest BCUT2D eigenvalue weighted by Crippen LogP contribution is 2.28. The first-order valence-electron chi connectivity index (χ1n) is 11.6. The molecule has 1 aliphatic rings. The van der Waals surface area contributed by atoms with Crippen molar-refractivity contribution in [2.75, 3.05) is 25.0 Å². The van der Waals surface area contributed by atoms with E-state index in [0.717, 1.165) is 29.5 Å². The number of hydrogen-bond acceptors (Lipinski definition) is 5. The van der Waals surface area contributed by atoms with Crippen LogP contribution in [-0.4, -0.2) is 44.3 Å². The van der Waals surface area contributed by atoms with Crippen molar-refractivity contribution in [3.8, 4) is 0 Å². The van der Waals surface area contributed by atoms with Gasteiger partial charge in [0.25, 0.3) is 5.91 Å². The van der Waals surface area contributed by atoms with Crippen LogP contribution in [0, 0.1) is 40.5 Å². The van der Waals surface area contributed by atoms with Crippen LogP contribution in [0.1, 0.15) is 57.9 Å². The van der Waals surface area contributed by atoms with Crippen LogP contribution in [0.5, 0.6) is 0 Å². The minimum absolute atomic E-state index is 0.113. The van der Waals surface area contributed by atoms with E-state index in [1.807, 2.05) is 32.9 Å². The molecule has 8 heteroatoms. The van der Waals surface area contributed by atoms with Crippen molar-refractivity contribution in [3.05, 3.63) is 57.6 Å². The average molecular weight is 487 g/mol. The number of nitrogens with one attached hydrogen (secondary N) is 1. The second kappa shape index (κ2) is 10.3. The molecular weight excluding hydrogens is 452 g/mol. The van der Waals surface area contributed by atoms with Gasteiger partial charge in [0, 0.05) is 18.8 Å². The Morgan fingerprint density at radius 3 is 2.15 bits per heavy atom. The third kappa shape index (κ3) is 5.67. The van der Waals surface area contributed by atoms with E-state index < -0.39 is 28.5 Å². The fourth-order valence-electron chi connectivity index (χ4n) is 4.34. The Balaban J connectivity index is 1.74. The van der Waals surface area contributed by atoms with Gasteiger partial charge in [-0.05, 0) is 87.8 Å². The first kappa shape index (κ1) is 25.9. The Morgan fingerprint density at radius 1 is 0.971 bits per heavy atom. The van der Waals surface area contributed by atoms with Crippen molar-refractivity contribution < 1.29 is 22.7 Å². The normalized spacial score (nSPS) is 15.2. The monoisotopic (exact) mass is 486 g/mol. The summed E-state index contributed by atoms with van der Waals surface area (Å²) in [5, 5.41) is 2.80. The van der Waals surface area contributed by atoms with Crippen LogP contribution < -0.4 is 5.32 Å². The van der Waals surface area contributed by atoms with Gasteiger partial charge in [-0.3, -0.25) is 4.79 Å². The molecular formula is C26H34N2O5S. The van der Waals surface area contributed by atoms with Gasteiger partial charge in [-0.1, -0.05) is 24.6 Å². The fraction of sp³-hybridized carbons (Fsp3) is 0.462. The number of anilines is 1. The largest absolute Gasteiger partial charge is 0.452 e. The molecule has 0 unspecified atom stereocenters. The molecule has 0 aliphatic carbocycles. The number of rotatable bonds is 6. The third-order valence-corrected chi connectivity index (χ3v) is 8.52. The van der Waals surface area contributed by atoms with Crippen LogP contribution in [0.15, 0.2) is 29.2 Å². The van der Waals surface area contributed by atoms with Crippen molar-refractivity contribution >= 4 is 27.6 Å². The number of hydrogen-bond donors (Lipinski definition) is 1. The van der Waals surface area contributed by atoms with E-state index in [1.165, 1.54) is 10.4 Å². The summed E-state index contributed by atoms with van der Waals surface area (Å²) in [6, 6.07) is 6.90. The molecule has 1 N–H and O–H groups in total. The lowest BCUT2D eigenvalue weighted by Crippen LogP contribution is -2.38. The highest BCUT2D eigenvalue weighted by Gasteiger charge is 2.30. The molecule has 34 heavy (non-hydrogen) atoms. The van der Waals surface area contributed by atoms with E-state index in [9.17, 15) is 18.0 Å². The molecule has 0 saturated carbocycles. The van der Waals surface area contributed by atoms with Gasteiger partial charge < -0.3 is 10.1 Å². The van der Waals surface area contributed by atoms with Crippen LogP contribution in [0.4, 0.5) is 5.69 Å². The minimum atomic E-state index is -3.73. The summed E-state index contributed by atoms with van der Waals surface area (Å²) in [5.41, 5.74) is 5.04. The Bertz CT molecular complexity index is 1190. The van der Waals surface area contributed by atoms with Crippen LogP contribution in [0.25, 0.3) is 0 Å². The molecule has 0 spiro atoms. The van der Waals surface area contributed by atoms with Gasteiger partial charge in [0.2, 0.25) is 10.0 Å². The number of nitrogens with zero attached hydrogens (tertiary/aromatic N) is 1. The Morgan fingerprint density at radius 2 is 1.56 bits per heavy atom. The van der Waals surface area contributed by atoms with Crippen LogP contribution in [-0.2, 0) is 19.6 Å². The number of esters is 1. The molecule has 1 aliphatic heterocycles. The van der Waals surface area contributed by atoms with Gasteiger partial charge >= 0.3 is 5.97 Å². The second-order valence-electron chi connectivity index (χ2n) is 9.40. The Kier molecular flexibility index (Phi) is 7.83. The van der Waals surface area contributed by atoms with Gasteiger partial charge in [-0.15, -0.1) is 0 Å². The zero-order valence-electron chi connectivity index (χ0n) is 20.8. The molecule has 1 fully saturated rings. The summed E-state index contributed by atoms with van der Waals surface area (Å²) in [6.45, 7) is 11.9. The third-order valence-electron chi connectivity index (χ3n) is 6.49. The number of benzene rings is 2. The zero-order chi connectivity index (χ0) is 25.2. The Hall–Kier alpha value is -2.71. The molecule has 7 nitrogen and oxygen atoms in total. The first-order valence-corrected chi connectivity index (χ1v) is 13.0. The Labute approximate surface area is 202 Å². The number of aryl methyl sites for hydroxylation is 4. The van der Waals surface area contributed by atoms with Crippen LogP contribution in [0.2, 0.25) is 0 Å². The molecule has 1 saturated heterocycles. The molecule has 3 rings (SSSR count). The van der Waals surface area contributed by atoms with Gasteiger partial charge in [-0.2, -0.15) is 4.31 Å². The van der Waals surface area contributed by atoms with Gasteiger partial charge in [0.15, 0.2) is 6.61 Å². The van der Waals surface area contributed by atoms with E-state index in [0.29, 0.717) is 35.8 Å². The molecule has 2 aromatic carbocycles. The number of carbonyl (C=O) groups excluding carboxylic acids is 2. The topological polar surface area (TPSA) is 92.8 Å². The van der Waals surface area contributed by atoms with Crippen molar-refractivity contribution in [1.29, 1.82) is 0 Å². The van der Waals surface area contributed by atoms with E-state index in [1.54, 1.807) is 19.9 Å². The van der Waals surface area contributed by atoms with Crippen molar-refractivity contribution in [1.82, 2.24) is 4.31 Å². The standard InChI is InChI=1S/C26H34N2O5S/c1-16-7-9-28(10-8-16)34(31,32)23-14-22(13-18(3)21(23)6)26(30)33-15-24(29)27-25-19(4)11-17(2)12-20(25)5/h11-14,16H,7-10,15H2,1-6H3,(H,27,29). The van der Waals surface area contributed by atoms with Gasteiger partial charge in [-0.25, -0.2) is 13.2 Å². The molecule has 184 valence electrons. The quantitative estimate of drug-likeness (QED) is 0.609. The lowest BCUT2D eigenvalue weighted by atomic mass is 10.0. The molecule has 2 aromatic rings. The van der Waals surface area contributed by atoms with Gasteiger partial charge in [0.05, 0.1) is 10.5 Å². The van der Waals surface area contributed by atoms with Crippen molar-refractivity contribution in [2.24, 2.45) is 5.92 Å². The maximum absolute atomic E-state index is 13.3. The summed E-state index contributed by atoms with van der Waals surface area (Å²) in [5.74, 6) is -0.698. The maximum atomic E-state index is 13.3. The first-order chi connectivity index (χ1) is 15.9. The maximum Gasteiger partial charge on any atom is 0.338 e. The second-order valence-corrected chi connectivity index (χ2v) is 11.3. The molecule has 0 aromatic heterocycles. The SMILES string of the molecule is Cc1cc(C)c(NC(=O)COC(=O)c2cc(C)c(C)c(S(=O)(=O)N3CCC(C)CC3)c2)c(C)c1. The number of carbonyl (C=O) groups is 2. The van der Waals surface area contributed by atoms with Crippen LogP contribution in [0.3, 0.4) is 0 Å². The minimum Gasteiger partial charge on any atom is -0.452 e. The fourth-order valence-corrected chi connectivity index (χ4v) is 6.14. The summed E-state index contributed by atoms with van der Waals surface area (Å²) < 4.78 is 33.3. The van der Waals surface area contributed by atoms with E-state index in [-0.39, 0.29) is 10.5 Å². The number of ether oxygens (including phenoxy) is 1. The number of amides is 1. The summed E-state index contributed by atoms with van der Waals surface area (Å²) in [6.07, 6.45) is 1.63. The van der Waals surface area contributed by atoms with Crippen molar-refractivity contribution in [3.63, 3.8) is 0 Å². The lowest BCUT2D eigenvalue weighted by molar-refractivity contribution is -0.119. The molecule has 0 radical (unpaired) electrons. The smallest absolute Gasteiger partial charge is 0.338 e. The van der Waals surface area contributed by atoms with E-state index in [4.69, 9.17) is 4.74 Å². The molecule has 1 amide bonds. The van der Waals surface area contributed by atoms with E-state index in [2.05, 4.69) is 12.2 Å².